The second kappa shape index (κ2) is 12.0. The lowest BCUT2D eigenvalue weighted by molar-refractivity contribution is -0.116. The van der Waals surface area contributed by atoms with Crippen LogP contribution in [0.1, 0.15) is 69.9 Å². The van der Waals surface area contributed by atoms with Gasteiger partial charge in [-0.15, -0.1) is 0 Å². The van der Waals surface area contributed by atoms with Crippen molar-refractivity contribution in [1.29, 1.82) is 0 Å². The van der Waals surface area contributed by atoms with Crippen LogP contribution in [0, 0.1) is 5.82 Å². The Hall–Kier alpha value is -3.09. The molecule has 0 atom stereocenters. The van der Waals surface area contributed by atoms with Gasteiger partial charge in [0.15, 0.2) is 0 Å². The first kappa shape index (κ1) is 26.5. The van der Waals surface area contributed by atoms with E-state index in [0.29, 0.717) is 25.9 Å². The lowest BCUT2D eigenvalue weighted by atomic mass is 9.89. The van der Waals surface area contributed by atoms with Gasteiger partial charge in [0, 0.05) is 19.5 Å². The van der Waals surface area contributed by atoms with Crippen molar-refractivity contribution in [3.05, 3.63) is 59.4 Å². The molecule has 0 unspecified atom stereocenters. The Morgan fingerprint density at radius 1 is 1.09 bits per heavy atom. The fourth-order valence-corrected chi connectivity index (χ4v) is 4.34. The van der Waals surface area contributed by atoms with Crippen molar-refractivity contribution < 1.29 is 23.5 Å². The molecule has 0 aromatic heterocycles. The van der Waals surface area contributed by atoms with Crippen LogP contribution < -0.4 is 10.1 Å². The van der Waals surface area contributed by atoms with Gasteiger partial charge in [-0.2, -0.15) is 0 Å². The Morgan fingerprint density at radius 3 is 2.49 bits per heavy atom. The van der Waals surface area contributed by atoms with Gasteiger partial charge in [-0.05, 0) is 88.1 Å². The molecule has 1 saturated heterocycles. The van der Waals surface area contributed by atoms with Crippen LogP contribution in [0.25, 0.3) is 0 Å². The van der Waals surface area contributed by atoms with Crippen molar-refractivity contribution in [2.75, 3.05) is 25.5 Å². The summed E-state index contributed by atoms with van der Waals surface area (Å²) in [5, 5.41) is 2.74. The first-order chi connectivity index (χ1) is 16.7. The molecule has 1 N–H and O–H groups in total. The molecule has 0 radical (unpaired) electrons. The van der Waals surface area contributed by atoms with Crippen LogP contribution in [-0.4, -0.2) is 42.7 Å². The predicted molar refractivity (Wildman–Crippen MR) is 135 cm³/mol. The molecule has 190 valence electrons. The van der Waals surface area contributed by atoms with E-state index in [0.717, 1.165) is 42.6 Å². The number of methoxy groups -OCH3 is 1. The highest BCUT2D eigenvalue weighted by Crippen LogP contribution is 2.31. The molecule has 2 amide bonds. The number of anilines is 1. The smallest absolute Gasteiger partial charge is 0.410 e. The maximum atomic E-state index is 14.4. The Labute approximate surface area is 207 Å². The standard InChI is InChI=1S/C28H37FN2O4/c1-28(2,3)35-27(33)31-17-15-20(16-18-31)22-13-14-23(29)24(19-22)30-26(32)12-8-6-10-21-9-5-7-11-25(21)34-4/h5,7,9,11,13-14,19-20H,6,8,10,12,15-18H2,1-4H3,(H,30,32). The second-order valence-corrected chi connectivity index (χ2v) is 10.0. The minimum Gasteiger partial charge on any atom is -0.496 e. The van der Waals surface area contributed by atoms with Gasteiger partial charge in [0.25, 0.3) is 0 Å². The number of carbonyl (C=O) groups is 2. The number of piperidine rings is 1. The van der Waals surface area contributed by atoms with E-state index in [9.17, 15) is 14.0 Å². The third kappa shape index (κ3) is 7.98. The molecule has 7 heteroatoms. The molecular formula is C28H37FN2O4. The lowest BCUT2D eigenvalue weighted by Crippen LogP contribution is -2.41. The maximum Gasteiger partial charge on any atom is 0.410 e. The number of ether oxygens (including phenoxy) is 2. The number of para-hydroxylation sites is 1. The van der Waals surface area contributed by atoms with Crippen LogP contribution in [0.15, 0.2) is 42.5 Å². The van der Waals surface area contributed by atoms with Crippen LogP contribution in [0.3, 0.4) is 0 Å². The van der Waals surface area contributed by atoms with Crippen molar-refractivity contribution in [2.45, 2.75) is 70.8 Å². The average Bonchev–Trinajstić information content (AvgIpc) is 2.82. The highest BCUT2D eigenvalue weighted by molar-refractivity contribution is 5.90. The molecule has 2 aromatic rings. The van der Waals surface area contributed by atoms with Crippen LogP contribution in [0.4, 0.5) is 14.9 Å². The summed E-state index contributed by atoms with van der Waals surface area (Å²) in [6.45, 7) is 6.74. The molecule has 1 heterocycles. The molecule has 35 heavy (non-hydrogen) atoms. The van der Waals surface area contributed by atoms with Crippen molar-refractivity contribution in [2.24, 2.45) is 0 Å². The van der Waals surface area contributed by atoms with Crippen molar-refractivity contribution in [1.82, 2.24) is 4.90 Å². The molecular weight excluding hydrogens is 447 g/mol. The summed E-state index contributed by atoms with van der Waals surface area (Å²) in [6, 6.07) is 12.8. The first-order valence-electron chi connectivity index (χ1n) is 12.4. The van der Waals surface area contributed by atoms with Crippen LogP contribution in [0.2, 0.25) is 0 Å². The van der Waals surface area contributed by atoms with Gasteiger partial charge in [0.1, 0.15) is 17.2 Å². The molecule has 1 aliphatic rings. The van der Waals surface area contributed by atoms with E-state index < -0.39 is 11.4 Å². The topological polar surface area (TPSA) is 67.9 Å². The zero-order chi connectivity index (χ0) is 25.4. The monoisotopic (exact) mass is 484 g/mol. The summed E-state index contributed by atoms with van der Waals surface area (Å²) in [5.74, 6) is 0.418. The van der Waals surface area contributed by atoms with Gasteiger partial charge in [-0.25, -0.2) is 9.18 Å². The fourth-order valence-electron chi connectivity index (χ4n) is 4.34. The number of nitrogens with one attached hydrogen (secondary N) is 1. The molecule has 0 spiro atoms. The summed E-state index contributed by atoms with van der Waals surface area (Å²) >= 11 is 0. The summed E-state index contributed by atoms with van der Waals surface area (Å²) in [4.78, 5) is 26.5. The Morgan fingerprint density at radius 2 is 1.80 bits per heavy atom. The summed E-state index contributed by atoms with van der Waals surface area (Å²) < 4.78 is 25.2. The highest BCUT2D eigenvalue weighted by Gasteiger charge is 2.27. The van der Waals surface area contributed by atoms with Gasteiger partial charge < -0.3 is 19.7 Å². The molecule has 3 rings (SSSR count). The second-order valence-electron chi connectivity index (χ2n) is 10.0. The minimum atomic E-state index is -0.521. The molecule has 0 saturated carbocycles. The largest absolute Gasteiger partial charge is 0.496 e. The van der Waals surface area contributed by atoms with E-state index >= 15 is 0 Å². The zero-order valence-electron chi connectivity index (χ0n) is 21.2. The number of unbranched alkanes of at least 4 members (excludes halogenated alkanes) is 1. The summed E-state index contributed by atoms with van der Waals surface area (Å²) in [7, 11) is 1.65. The van der Waals surface area contributed by atoms with Gasteiger partial charge >= 0.3 is 6.09 Å². The van der Waals surface area contributed by atoms with Crippen LogP contribution in [0.5, 0.6) is 5.75 Å². The number of halogens is 1. The van der Waals surface area contributed by atoms with Gasteiger partial charge in [0.05, 0.1) is 12.8 Å². The number of hydrogen-bond acceptors (Lipinski definition) is 4. The van der Waals surface area contributed by atoms with E-state index in [1.807, 2.05) is 45.0 Å². The number of aryl methyl sites for hydroxylation is 1. The molecule has 1 aliphatic heterocycles. The Bertz CT molecular complexity index is 1010. The third-order valence-corrected chi connectivity index (χ3v) is 6.18. The van der Waals surface area contributed by atoms with E-state index in [1.54, 1.807) is 24.1 Å². The van der Waals surface area contributed by atoms with Crippen LogP contribution >= 0.6 is 0 Å². The first-order valence-corrected chi connectivity index (χ1v) is 12.4. The van der Waals surface area contributed by atoms with Gasteiger partial charge in [0.2, 0.25) is 5.91 Å². The number of hydrogen-bond donors (Lipinski definition) is 1. The van der Waals surface area contributed by atoms with Crippen molar-refractivity contribution in [3.8, 4) is 5.75 Å². The quantitative estimate of drug-likeness (QED) is 0.447. The lowest BCUT2D eigenvalue weighted by Gasteiger charge is -2.33. The molecule has 2 aromatic carbocycles. The number of nitrogens with zero attached hydrogens (tertiary/aromatic N) is 1. The normalized spacial score (nSPS) is 14.5. The fraction of sp³-hybridized carbons (Fsp3) is 0.500. The number of benzene rings is 2. The third-order valence-electron chi connectivity index (χ3n) is 6.18. The summed E-state index contributed by atoms with van der Waals surface area (Å²) in [6.07, 6.45) is 3.92. The van der Waals surface area contributed by atoms with Crippen molar-refractivity contribution in [3.63, 3.8) is 0 Å². The SMILES string of the molecule is COc1ccccc1CCCCC(=O)Nc1cc(C2CCN(C(=O)OC(C)(C)C)CC2)ccc1F. The molecule has 0 bridgehead atoms. The van der Waals surface area contributed by atoms with E-state index in [-0.39, 0.29) is 23.6 Å². The van der Waals surface area contributed by atoms with Crippen molar-refractivity contribution >= 4 is 17.7 Å². The summed E-state index contributed by atoms with van der Waals surface area (Å²) in [5.41, 5.74) is 1.78. The van der Waals surface area contributed by atoms with E-state index in [4.69, 9.17) is 9.47 Å². The average molecular weight is 485 g/mol. The minimum absolute atomic E-state index is 0.194. The van der Waals surface area contributed by atoms with Gasteiger partial charge in [-0.1, -0.05) is 24.3 Å². The Kier molecular flexibility index (Phi) is 9.13. The predicted octanol–water partition coefficient (Wildman–Crippen LogP) is 6.30. The van der Waals surface area contributed by atoms with E-state index in [2.05, 4.69) is 5.32 Å². The maximum absolute atomic E-state index is 14.4. The molecule has 1 fully saturated rings. The number of rotatable bonds is 8. The number of likely N-dealkylation sites (tertiary alicyclic amines) is 1. The number of amides is 2. The number of carbonyl (C=O) groups excluding carboxylic acids is 2. The van der Waals surface area contributed by atoms with E-state index in [1.165, 1.54) is 6.07 Å². The molecule has 6 nitrogen and oxygen atoms in total. The Balaban J connectivity index is 1.48. The molecule has 0 aliphatic carbocycles. The zero-order valence-corrected chi connectivity index (χ0v) is 21.2. The van der Waals surface area contributed by atoms with Gasteiger partial charge in [-0.3, -0.25) is 4.79 Å². The van der Waals surface area contributed by atoms with Crippen LogP contribution in [-0.2, 0) is 16.0 Å². The highest BCUT2D eigenvalue weighted by atomic mass is 19.1.